The Balaban J connectivity index is 2.36. The van der Waals surface area contributed by atoms with Crippen LogP contribution < -0.4 is 5.73 Å². The van der Waals surface area contributed by atoms with Crippen LogP contribution in [-0.4, -0.2) is 32.9 Å². The summed E-state index contributed by atoms with van der Waals surface area (Å²) in [6, 6.07) is 7.06. The summed E-state index contributed by atoms with van der Waals surface area (Å²) < 4.78 is 29.1. The minimum absolute atomic E-state index is 0.0985. The first kappa shape index (κ1) is 13.5. The molecule has 100 valence electrons. The highest BCUT2D eigenvalue weighted by Gasteiger charge is 2.50. The lowest BCUT2D eigenvalue weighted by Crippen LogP contribution is -2.60. The van der Waals surface area contributed by atoms with E-state index in [9.17, 15) is 8.42 Å². The molecule has 18 heavy (non-hydrogen) atoms. The summed E-state index contributed by atoms with van der Waals surface area (Å²) in [6.45, 7) is 4.63. The molecule has 0 saturated carbocycles. The summed E-state index contributed by atoms with van der Waals surface area (Å²) in [5, 5.41) is 0. The van der Waals surface area contributed by atoms with Gasteiger partial charge in [0.2, 0.25) is 0 Å². The Hall–Kier alpha value is -0.910. The van der Waals surface area contributed by atoms with Gasteiger partial charge in [-0.2, -0.15) is 0 Å². The van der Waals surface area contributed by atoms with Crippen LogP contribution >= 0.6 is 0 Å². The second-order valence-corrected chi connectivity index (χ2v) is 7.45. The van der Waals surface area contributed by atoms with E-state index in [1.165, 1.54) is 0 Å². The maximum Gasteiger partial charge on any atom is 0.189 e. The Morgan fingerprint density at radius 2 is 1.83 bits per heavy atom. The molecular weight excluding hydrogens is 250 g/mol. The van der Waals surface area contributed by atoms with Crippen molar-refractivity contribution in [3.05, 3.63) is 29.8 Å². The van der Waals surface area contributed by atoms with Crippen molar-refractivity contribution in [3.63, 3.8) is 0 Å². The highest BCUT2D eigenvalue weighted by Crippen LogP contribution is 2.32. The first-order chi connectivity index (χ1) is 8.43. The van der Waals surface area contributed by atoms with E-state index in [0.717, 1.165) is 5.56 Å². The smallest absolute Gasteiger partial charge is 0.189 e. The zero-order valence-electron chi connectivity index (χ0n) is 10.7. The second-order valence-electron chi connectivity index (χ2n) is 5.11. The third kappa shape index (κ3) is 1.96. The summed E-state index contributed by atoms with van der Waals surface area (Å²) in [4.78, 5) is 0.334. The number of hydrogen-bond acceptors (Lipinski definition) is 4. The minimum atomic E-state index is -3.41. The molecule has 0 aliphatic carbocycles. The van der Waals surface area contributed by atoms with E-state index in [1.54, 1.807) is 12.1 Å². The second kappa shape index (κ2) is 4.64. The molecule has 2 rings (SSSR count). The number of benzene rings is 1. The molecule has 1 aromatic carbocycles. The highest BCUT2D eigenvalue weighted by molar-refractivity contribution is 7.93. The average Bonchev–Trinajstić information content (AvgIpc) is 2.28. The summed E-state index contributed by atoms with van der Waals surface area (Å²) in [5.41, 5.74) is 6.74. The molecule has 0 bridgehead atoms. The predicted molar refractivity (Wildman–Crippen MR) is 70.3 cm³/mol. The predicted octanol–water partition coefficient (Wildman–Crippen LogP) is 1.31. The quantitative estimate of drug-likeness (QED) is 0.894. The van der Waals surface area contributed by atoms with E-state index >= 15 is 0 Å². The summed E-state index contributed by atoms with van der Waals surface area (Å²) in [7, 11) is -3.41. The monoisotopic (exact) mass is 269 g/mol. The molecule has 0 radical (unpaired) electrons. The summed E-state index contributed by atoms with van der Waals surface area (Å²) in [6.07, 6.45) is 0. The van der Waals surface area contributed by atoms with Crippen molar-refractivity contribution >= 4 is 9.84 Å². The van der Waals surface area contributed by atoms with Gasteiger partial charge in [0.1, 0.15) is 4.75 Å². The molecule has 1 aliphatic heterocycles. The van der Waals surface area contributed by atoms with Gasteiger partial charge in [-0.25, -0.2) is 8.42 Å². The van der Waals surface area contributed by atoms with Crippen molar-refractivity contribution in [2.24, 2.45) is 5.73 Å². The van der Waals surface area contributed by atoms with Gasteiger partial charge in [-0.05, 0) is 23.6 Å². The van der Waals surface area contributed by atoms with Crippen molar-refractivity contribution in [1.82, 2.24) is 0 Å². The van der Waals surface area contributed by atoms with Crippen LogP contribution in [0.25, 0.3) is 0 Å². The Labute approximate surface area is 108 Å². The largest absolute Gasteiger partial charge is 0.378 e. The Bertz CT molecular complexity index is 510. The van der Waals surface area contributed by atoms with Crippen molar-refractivity contribution in [1.29, 1.82) is 0 Å². The van der Waals surface area contributed by atoms with E-state index in [1.807, 2.05) is 12.1 Å². The van der Waals surface area contributed by atoms with Crippen molar-refractivity contribution in [3.8, 4) is 0 Å². The van der Waals surface area contributed by atoms with Gasteiger partial charge in [0.25, 0.3) is 0 Å². The van der Waals surface area contributed by atoms with Gasteiger partial charge in [0, 0.05) is 6.54 Å². The van der Waals surface area contributed by atoms with Crippen LogP contribution in [0.4, 0.5) is 0 Å². The van der Waals surface area contributed by atoms with Gasteiger partial charge in [0.15, 0.2) is 9.84 Å². The molecule has 0 unspecified atom stereocenters. The van der Waals surface area contributed by atoms with Crippen LogP contribution in [0.5, 0.6) is 0 Å². The summed E-state index contributed by atoms with van der Waals surface area (Å²) >= 11 is 0. The van der Waals surface area contributed by atoms with Crippen LogP contribution in [0.1, 0.15) is 25.3 Å². The van der Waals surface area contributed by atoms with E-state index in [4.69, 9.17) is 10.5 Å². The zero-order valence-corrected chi connectivity index (χ0v) is 11.5. The Morgan fingerprint density at radius 3 is 2.17 bits per heavy atom. The fourth-order valence-corrected chi connectivity index (χ4v) is 3.69. The first-order valence-corrected chi connectivity index (χ1v) is 7.54. The SMILES string of the molecule is CC(C)c1ccc(S(=O)(=O)C2(CN)COC2)cc1. The van der Waals surface area contributed by atoms with Gasteiger partial charge >= 0.3 is 0 Å². The number of ether oxygens (including phenoxy) is 1. The molecule has 1 aliphatic rings. The lowest BCUT2D eigenvalue weighted by Gasteiger charge is -2.39. The molecule has 0 spiro atoms. The molecule has 1 heterocycles. The molecule has 4 nitrogen and oxygen atoms in total. The molecule has 0 atom stereocenters. The molecule has 1 fully saturated rings. The fourth-order valence-electron chi connectivity index (χ4n) is 1.99. The maximum atomic E-state index is 12.5. The number of nitrogens with two attached hydrogens (primary N) is 1. The van der Waals surface area contributed by atoms with Gasteiger partial charge in [0.05, 0.1) is 18.1 Å². The van der Waals surface area contributed by atoms with Gasteiger partial charge < -0.3 is 10.5 Å². The van der Waals surface area contributed by atoms with Crippen LogP contribution in [0.15, 0.2) is 29.2 Å². The lowest BCUT2D eigenvalue weighted by atomic mass is 10.0. The van der Waals surface area contributed by atoms with Crippen LogP contribution in [0.2, 0.25) is 0 Å². The topological polar surface area (TPSA) is 69.4 Å². The third-order valence-corrected chi connectivity index (χ3v) is 5.96. The lowest BCUT2D eigenvalue weighted by molar-refractivity contribution is -0.00924. The van der Waals surface area contributed by atoms with E-state index in [0.29, 0.717) is 10.8 Å². The number of rotatable bonds is 4. The number of sulfone groups is 1. The van der Waals surface area contributed by atoms with Crippen LogP contribution in [0.3, 0.4) is 0 Å². The minimum Gasteiger partial charge on any atom is -0.378 e. The van der Waals surface area contributed by atoms with Crippen molar-refractivity contribution in [2.75, 3.05) is 19.8 Å². The maximum absolute atomic E-state index is 12.5. The van der Waals surface area contributed by atoms with Crippen LogP contribution in [0, 0.1) is 0 Å². The molecular formula is C13H19NO3S. The third-order valence-electron chi connectivity index (χ3n) is 3.53. The Kier molecular flexibility index (Phi) is 3.49. The first-order valence-electron chi connectivity index (χ1n) is 6.05. The number of hydrogen-bond donors (Lipinski definition) is 1. The van der Waals surface area contributed by atoms with Crippen molar-refractivity contribution < 1.29 is 13.2 Å². The van der Waals surface area contributed by atoms with E-state index < -0.39 is 14.6 Å². The van der Waals surface area contributed by atoms with E-state index in [2.05, 4.69) is 13.8 Å². The molecule has 0 aromatic heterocycles. The molecule has 5 heteroatoms. The Morgan fingerprint density at radius 1 is 1.28 bits per heavy atom. The van der Waals surface area contributed by atoms with Crippen LogP contribution in [-0.2, 0) is 14.6 Å². The molecule has 1 aromatic rings. The van der Waals surface area contributed by atoms with E-state index in [-0.39, 0.29) is 19.8 Å². The molecule has 1 saturated heterocycles. The van der Waals surface area contributed by atoms with Gasteiger partial charge in [-0.15, -0.1) is 0 Å². The zero-order chi connectivity index (χ0) is 13.4. The van der Waals surface area contributed by atoms with Gasteiger partial charge in [-0.3, -0.25) is 0 Å². The summed E-state index contributed by atoms with van der Waals surface area (Å²) in [5.74, 6) is 0.386. The highest BCUT2D eigenvalue weighted by atomic mass is 32.2. The fraction of sp³-hybridized carbons (Fsp3) is 0.538. The average molecular weight is 269 g/mol. The van der Waals surface area contributed by atoms with Crippen molar-refractivity contribution in [2.45, 2.75) is 29.4 Å². The molecule has 0 amide bonds. The normalized spacial score (nSPS) is 18.7. The molecule has 2 N–H and O–H groups in total. The standard InChI is InChI=1S/C13H19NO3S/c1-10(2)11-3-5-12(6-4-11)18(15,16)13(7-14)8-17-9-13/h3-6,10H,7-9,14H2,1-2H3. The van der Waals surface area contributed by atoms with Gasteiger partial charge in [-0.1, -0.05) is 26.0 Å².